The Morgan fingerprint density at radius 3 is 3.00 bits per heavy atom. The maximum atomic E-state index is 5.51. The molecule has 1 aromatic heterocycles. The monoisotopic (exact) mass is 312 g/mol. The fourth-order valence-electron chi connectivity index (χ4n) is 3.98. The predicted octanol–water partition coefficient (Wildman–Crippen LogP) is 2.57. The second kappa shape index (κ2) is 6.06. The van der Waals surface area contributed by atoms with E-state index in [1.54, 1.807) is 0 Å². The van der Waals surface area contributed by atoms with Gasteiger partial charge in [0.15, 0.2) is 0 Å². The minimum absolute atomic E-state index is 0.642. The van der Waals surface area contributed by atoms with Crippen LogP contribution in [0.4, 0.5) is 0 Å². The molecule has 0 radical (unpaired) electrons. The van der Waals surface area contributed by atoms with E-state index >= 15 is 0 Å². The summed E-state index contributed by atoms with van der Waals surface area (Å²) in [6.45, 7) is 6.38. The van der Waals surface area contributed by atoms with Crippen LogP contribution >= 0.6 is 0 Å². The number of fused-ring (bicyclic) bond motifs is 1. The molecule has 3 heterocycles. The first kappa shape index (κ1) is 14.8. The van der Waals surface area contributed by atoms with Gasteiger partial charge in [-0.1, -0.05) is 28.9 Å². The van der Waals surface area contributed by atoms with Gasteiger partial charge in [-0.05, 0) is 51.9 Å². The summed E-state index contributed by atoms with van der Waals surface area (Å²) in [5, 5.41) is 4.17. The molecule has 23 heavy (non-hydrogen) atoms. The molecule has 2 fully saturated rings. The van der Waals surface area contributed by atoms with E-state index in [0.717, 1.165) is 37.0 Å². The molecule has 4 rings (SSSR count). The number of likely N-dealkylation sites (N-methyl/N-ethyl adjacent to an activating group) is 1. The summed E-state index contributed by atoms with van der Waals surface area (Å²) in [5.41, 5.74) is 2.23. The summed E-state index contributed by atoms with van der Waals surface area (Å²) in [6, 6.07) is 8.88. The van der Waals surface area contributed by atoms with Crippen molar-refractivity contribution < 1.29 is 4.52 Å². The van der Waals surface area contributed by atoms with Crippen LogP contribution in [0.1, 0.15) is 24.3 Å². The summed E-state index contributed by atoms with van der Waals surface area (Å²) in [6.07, 6.45) is 2.62. The Morgan fingerprint density at radius 1 is 1.26 bits per heavy atom. The van der Waals surface area contributed by atoms with E-state index in [0.29, 0.717) is 11.9 Å². The van der Waals surface area contributed by atoms with Crippen molar-refractivity contribution >= 4 is 0 Å². The van der Waals surface area contributed by atoms with Crippen LogP contribution in [0.15, 0.2) is 28.8 Å². The van der Waals surface area contributed by atoms with E-state index < -0.39 is 0 Å². The SMILES string of the molecule is Cc1cccc(-c2noc(CN3CC[C@H]4CCN(C)C[C@@H]43)n2)c1. The number of aromatic nitrogens is 2. The molecule has 2 aliphatic rings. The Hall–Kier alpha value is -1.72. The molecule has 1 aromatic carbocycles. The Morgan fingerprint density at radius 2 is 2.13 bits per heavy atom. The molecule has 5 heteroatoms. The minimum Gasteiger partial charge on any atom is -0.338 e. The van der Waals surface area contributed by atoms with Crippen LogP contribution in [0, 0.1) is 12.8 Å². The summed E-state index contributed by atoms with van der Waals surface area (Å²) < 4.78 is 5.51. The van der Waals surface area contributed by atoms with Crippen LogP contribution in [0.25, 0.3) is 11.4 Å². The van der Waals surface area contributed by atoms with E-state index in [2.05, 4.69) is 46.0 Å². The van der Waals surface area contributed by atoms with Gasteiger partial charge in [-0.3, -0.25) is 4.90 Å². The number of rotatable bonds is 3. The zero-order chi connectivity index (χ0) is 15.8. The predicted molar refractivity (Wildman–Crippen MR) is 88.9 cm³/mol. The van der Waals surface area contributed by atoms with Crippen molar-refractivity contribution in [2.24, 2.45) is 5.92 Å². The van der Waals surface area contributed by atoms with Crippen molar-refractivity contribution in [1.82, 2.24) is 19.9 Å². The van der Waals surface area contributed by atoms with E-state index in [1.165, 1.54) is 24.9 Å². The highest BCUT2D eigenvalue weighted by atomic mass is 16.5. The maximum absolute atomic E-state index is 5.51. The van der Waals surface area contributed by atoms with Crippen molar-refractivity contribution in [3.05, 3.63) is 35.7 Å². The highest BCUT2D eigenvalue weighted by Crippen LogP contribution is 2.32. The van der Waals surface area contributed by atoms with Crippen LogP contribution < -0.4 is 0 Å². The van der Waals surface area contributed by atoms with E-state index in [1.807, 2.05) is 12.1 Å². The topological polar surface area (TPSA) is 45.4 Å². The van der Waals surface area contributed by atoms with Gasteiger partial charge in [0.05, 0.1) is 6.54 Å². The number of hydrogen-bond donors (Lipinski definition) is 0. The number of piperidine rings is 1. The number of likely N-dealkylation sites (tertiary alicyclic amines) is 2. The summed E-state index contributed by atoms with van der Waals surface area (Å²) in [5.74, 6) is 2.26. The Kier molecular flexibility index (Phi) is 3.91. The molecule has 2 aliphatic heterocycles. The van der Waals surface area contributed by atoms with Crippen LogP contribution in [-0.4, -0.2) is 52.7 Å². The maximum Gasteiger partial charge on any atom is 0.241 e. The third kappa shape index (κ3) is 3.03. The van der Waals surface area contributed by atoms with Crippen molar-refractivity contribution in [2.75, 3.05) is 26.7 Å². The average molecular weight is 312 g/mol. The molecular weight excluding hydrogens is 288 g/mol. The molecule has 122 valence electrons. The van der Waals surface area contributed by atoms with Gasteiger partial charge < -0.3 is 9.42 Å². The third-order valence-electron chi connectivity index (χ3n) is 5.26. The van der Waals surface area contributed by atoms with Gasteiger partial charge in [0.2, 0.25) is 11.7 Å². The summed E-state index contributed by atoms with van der Waals surface area (Å²) >= 11 is 0. The van der Waals surface area contributed by atoms with Crippen molar-refractivity contribution in [3.8, 4) is 11.4 Å². The first-order valence-corrected chi connectivity index (χ1v) is 8.51. The molecule has 0 amide bonds. The second-order valence-corrected chi connectivity index (χ2v) is 7.02. The van der Waals surface area contributed by atoms with Crippen molar-refractivity contribution in [1.29, 1.82) is 0 Å². The van der Waals surface area contributed by atoms with Crippen molar-refractivity contribution in [3.63, 3.8) is 0 Å². The fourth-order valence-corrected chi connectivity index (χ4v) is 3.98. The highest BCUT2D eigenvalue weighted by Gasteiger charge is 2.37. The quantitative estimate of drug-likeness (QED) is 0.871. The largest absolute Gasteiger partial charge is 0.338 e. The number of nitrogens with zero attached hydrogens (tertiary/aromatic N) is 4. The van der Waals surface area contributed by atoms with Gasteiger partial charge in [0.25, 0.3) is 0 Å². The highest BCUT2D eigenvalue weighted by molar-refractivity contribution is 5.55. The lowest BCUT2D eigenvalue weighted by Crippen LogP contribution is -2.46. The first-order chi connectivity index (χ1) is 11.2. The van der Waals surface area contributed by atoms with Gasteiger partial charge >= 0.3 is 0 Å². The molecule has 0 bridgehead atoms. The molecule has 2 atom stereocenters. The molecule has 2 saturated heterocycles. The van der Waals surface area contributed by atoms with E-state index in [4.69, 9.17) is 4.52 Å². The normalized spacial score (nSPS) is 25.7. The van der Waals surface area contributed by atoms with Crippen LogP contribution in [0.3, 0.4) is 0 Å². The lowest BCUT2D eigenvalue weighted by molar-refractivity contribution is 0.110. The molecule has 0 N–H and O–H groups in total. The molecular formula is C18H24N4O. The molecule has 0 aliphatic carbocycles. The summed E-state index contributed by atoms with van der Waals surface area (Å²) in [7, 11) is 2.22. The van der Waals surface area contributed by atoms with Crippen molar-refractivity contribution in [2.45, 2.75) is 32.4 Å². The number of benzene rings is 1. The summed E-state index contributed by atoms with van der Waals surface area (Å²) in [4.78, 5) is 9.57. The first-order valence-electron chi connectivity index (χ1n) is 8.51. The molecule has 5 nitrogen and oxygen atoms in total. The third-order valence-corrected chi connectivity index (χ3v) is 5.26. The Bertz CT molecular complexity index is 683. The van der Waals surface area contributed by atoms with Crippen LogP contribution in [-0.2, 0) is 6.54 Å². The molecule has 2 aromatic rings. The van der Waals surface area contributed by atoms with Gasteiger partial charge in [0, 0.05) is 18.2 Å². The Labute approximate surface area is 137 Å². The smallest absolute Gasteiger partial charge is 0.241 e. The van der Waals surface area contributed by atoms with Gasteiger partial charge in [0.1, 0.15) is 0 Å². The molecule has 0 spiro atoms. The van der Waals surface area contributed by atoms with Gasteiger partial charge in [-0.2, -0.15) is 4.98 Å². The lowest BCUT2D eigenvalue weighted by Gasteiger charge is -2.36. The molecule has 0 saturated carbocycles. The van der Waals surface area contributed by atoms with Crippen LogP contribution in [0.5, 0.6) is 0 Å². The van der Waals surface area contributed by atoms with Gasteiger partial charge in [-0.15, -0.1) is 0 Å². The van der Waals surface area contributed by atoms with E-state index in [-0.39, 0.29) is 0 Å². The Balaban J connectivity index is 1.48. The average Bonchev–Trinajstić information content (AvgIpc) is 3.15. The number of aryl methyl sites for hydroxylation is 1. The number of hydrogen-bond acceptors (Lipinski definition) is 5. The fraction of sp³-hybridized carbons (Fsp3) is 0.556. The zero-order valence-electron chi connectivity index (χ0n) is 13.9. The molecule has 0 unspecified atom stereocenters. The van der Waals surface area contributed by atoms with Gasteiger partial charge in [-0.25, -0.2) is 0 Å². The van der Waals surface area contributed by atoms with E-state index in [9.17, 15) is 0 Å². The minimum atomic E-state index is 0.642. The second-order valence-electron chi connectivity index (χ2n) is 7.02. The standard InChI is InChI=1S/C18H24N4O/c1-13-4-3-5-15(10-13)18-19-17(23-20-18)12-22-9-7-14-6-8-21(2)11-16(14)22/h3-5,10,14,16H,6-9,11-12H2,1-2H3/t14-,16+/m1/s1. The lowest BCUT2D eigenvalue weighted by atomic mass is 9.92. The zero-order valence-corrected chi connectivity index (χ0v) is 13.9. The van der Waals surface area contributed by atoms with Crippen LogP contribution in [0.2, 0.25) is 0 Å².